The number of halogens is 1. The molecule has 0 unspecified atom stereocenters. The maximum atomic E-state index is 5.98. The van der Waals surface area contributed by atoms with Crippen molar-refractivity contribution in [2.45, 2.75) is 0 Å². The number of benzene rings is 1. The SMILES string of the molecule is CN(C)c1cc(N)c2cc(Br)ccc2n1. The van der Waals surface area contributed by atoms with Crippen LogP contribution in [0.1, 0.15) is 0 Å². The summed E-state index contributed by atoms with van der Waals surface area (Å²) in [5.74, 6) is 0.877. The molecule has 1 aromatic heterocycles. The number of nitrogens with zero attached hydrogens (tertiary/aromatic N) is 2. The lowest BCUT2D eigenvalue weighted by Gasteiger charge is -2.13. The monoisotopic (exact) mass is 265 g/mol. The van der Waals surface area contributed by atoms with E-state index in [4.69, 9.17) is 5.73 Å². The van der Waals surface area contributed by atoms with Crippen LogP contribution >= 0.6 is 15.9 Å². The highest BCUT2D eigenvalue weighted by Gasteiger charge is 2.04. The molecular weight excluding hydrogens is 254 g/mol. The lowest BCUT2D eigenvalue weighted by Crippen LogP contribution is -2.11. The molecule has 0 saturated heterocycles. The van der Waals surface area contributed by atoms with Crippen molar-refractivity contribution in [2.75, 3.05) is 24.7 Å². The molecule has 0 aliphatic carbocycles. The Kier molecular flexibility index (Phi) is 2.52. The number of aromatic nitrogens is 1. The van der Waals surface area contributed by atoms with Crippen LogP contribution in [0.4, 0.5) is 11.5 Å². The quantitative estimate of drug-likeness (QED) is 0.862. The standard InChI is InChI=1S/C11H12BrN3/c1-15(2)11-6-9(13)8-5-7(12)3-4-10(8)14-11/h3-6H,1-2H3,(H2,13,14). The fourth-order valence-electron chi connectivity index (χ4n) is 1.44. The van der Waals surface area contributed by atoms with Gasteiger partial charge < -0.3 is 10.6 Å². The van der Waals surface area contributed by atoms with E-state index in [0.717, 1.165) is 26.9 Å². The third-order valence-corrected chi connectivity index (χ3v) is 2.74. The van der Waals surface area contributed by atoms with Gasteiger partial charge in [-0.05, 0) is 18.2 Å². The fourth-order valence-corrected chi connectivity index (χ4v) is 1.80. The molecule has 0 atom stereocenters. The predicted molar refractivity (Wildman–Crippen MR) is 68.2 cm³/mol. The molecule has 15 heavy (non-hydrogen) atoms. The Balaban J connectivity index is 2.73. The van der Waals surface area contributed by atoms with Crippen molar-refractivity contribution >= 4 is 38.3 Å². The number of pyridine rings is 1. The summed E-state index contributed by atoms with van der Waals surface area (Å²) in [6.07, 6.45) is 0. The molecule has 0 amide bonds. The summed E-state index contributed by atoms with van der Waals surface area (Å²) >= 11 is 3.42. The molecule has 2 aromatic rings. The van der Waals surface area contributed by atoms with Gasteiger partial charge in [0.2, 0.25) is 0 Å². The maximum Gasteiger partial charge on any atom is 0.130 e. The zero-order valence-electron chi connectivity index (χ0n) is 8.66. The van der Waals surface area contributed by atoms with Gasteiger partial charge in [-0.1, -0.05) is 15.9 Å². The molecule has 2 N–H and O–H groups in total. The first kappa shape index (κ1) is 10.2. The Morgan fingerprint density at radius 2 is 2.00 bits per heavy atom. The molecule has 78 valence electrons. The highest BCUT2D eigenvalue weighted by Crippen LogP contribution is 2.26. The average Bonchev–Trinajstić information content (AvgIpc) is 2.18. The van der Waals surface area contributed by atoms with Crippen LogP contribution in [-0.4, -0.2) is 19.1 Å². The van der Waals surface area contributed by atoms with E-state index < -0.39 is 0 Å². The Morgan fingerprint density at radius 3 is 2.67 bits per heavy atom. The summed E-state index contributed by atoms with van der Waals surface area (Å²) in [5, 5.41) is 0.981. The van der Waals surface area contributed by atoms with E-state index in [0.29, 0.717) is 0 Å². The van der Waals surface area contributed by atoms with Crippen LogP contribution in [0, 0.1) is 0 Å². The number of nitrogen functional groups attached to an aromatic ring is 1. The second-order valence-electron chi connectivity index (χ2n) is 3.63. The Labute approximate surface area is 97.0 Å². The van der Waals surface area contributed by atoms with Gasteiger partial charge >= 0.3 is 0 Å². The molecule has 4 heteroatoms. The van der Waals surface area contributed by atoms with Crippen LogP contribution in [0.25, 0.3) is 10.9 Å². The largest absolute Gasteiger partial charge is 0.398 e. The van der Waals surface area contributed by atoms with Gasteiger partial charge in [0.25, 0.3) is 0 Å². The van der Waals surface area contributed by atoms with Crippen LogP contribution in [0.2, 0.25) is 0 Å². The van der Waals surface area contributed by atoms with Crippen LogP contribution in [-0.2, 0) is 0 Å². The number of fused-ring (bicyclic) bond motifs is 1. The van der Waals surface area contributed by atoms with Crippen LogP contribution < -0.4 is 10.6 Å². The van der Waals surface area contributed by atoms with E-state index in [9.17, 15) is 0 Å². The minimum atomic E-state index is 0.755. The second kappa shape index (κ2) is 3.70. The van der Waals surface area contributed by atoms with E-state index in [1.807, 2.05) is 43.3 Å². The predicted octanol–water partition coefficient (Wildman–Crippen LogP) is 2.65. The van der Waals surface area contributed by atoms with Gasteiger partial charge in [0.15, 0.2) is 0 Å². The van der Waals surface area contributed by atoms with Gasteiger partial charge in [0.1, 0.15) is 5.82 Å². The third kappa shape index (κ3) is 1.90. The molecule has 0 spiro atoms. The number of anilines is 2. The third-order valence-electron chi connectivity index (χ3n) is 2.25. The van der Waals surface area contributed by atoms with Crippen molar-refractivity contribution in [1.82, 2.24) is 4.98 Å². The zero-order valence-corrected chi connectivity index (χ0v) is 10.2. The summed E-state index contributed by atoms with van der Waals surface area (Å²) in [6.45, 7) is 0. The van der Waals surface area contributed by atoms with E-state index in [-0.39, 0.29) is 0 Å². The first-order valence-electron chi connectivity index (χ1n) is 4.61. The number of rotatable bonds is 1. The summed E-state index contributed by atoms with van der Waals surface area (Å²) in [7, 11) is 3.90. The maximum absolute atomic E-state index is 5.98. The summed E-state index contributed by atoms with van der Waals surface area (Å²) in [4.78, 5) is 6.44. The summed E-state index contributed by atoms with van der Waals surface area (Å²) in [5.41, 5.74) is 7.65. The minimum Gasteiger partial charge on any atom is -0.398 e. The van der Waals surface area contributed by atoms with Gasteiger partial charge in [-0.2, -0.15) is 0 Å². The molecule has 0 fully saturated rings. The lowest BCUT2D eigenvalue weighted by atomic mass is 10.2. The first-order valence-corrected chi connectivity index (χ1v) is 5.40. The van der Waals surface area contributed by atoms with E-state index in [2.05, 4.69) is 20.9 Å². The number of hydrogen-bond donors (Lipinski definition) is 1. The Bertz CT molecular complexity index is 508. The molecule has 0 saturated carbocycles. The molecule has 1 heterocycles. The number of hydrogen-bond acceptors (Lipinski definition) is 3. The molecule has 1 aromatic carbocycles. The molecular formula is C11H12BrN3. The minimum absolute atomic E-state index is 0.755. The number of nitrogens with two attached hydrogens (primary N) is 1. The average molecular weight is 266 g/mol. The molecule has 0 bridgehead atoms. The van der Waals surface area contributed by atoms with E-state index in [1.165, 1.54) is 0 Å². The molecule has 2 rings (SSSR count). The van der Waals surface area contributed by atoms with Gasteiger partial charge in [0, 0.05) is 35.7 Å². The summed E-state index contributed by atoms with van der Waals surface area (Å²) < 4.78 is 1.01. The topological polar surface area (TPSA) is 42.1 Å². The van der Waals surface area contributed by atoms with Crippen molar-refractivity contribution in [3.05, 3.63) is 28.7 Å². The van der Waals surface area contributed by atoms with Crippen LogP contribution in [0.5, 0.6) is 0 Å². The van der Waals surface area contributed by atoms with Crippen LogP contribution in [0.3, 0.4) is 0 Å². The fraction of sp³-hybridized carbons (Fsp3) is 0.182. The first-order chi connectivity index (χ1) is 7.08. The lowest BCUT2D eigenvalue weighted by molar-refractivity contribution is 1.08. The Hall–Kier alpha value is -1.29. The highest BCUT2D eigenvalue weighted by molar-refractivity contribution is 9.10. The van der Waals surface area contributed by atoms with Crippen LogP contribution in [0.15, 0.2) is 28.7 Å². The molecule has 0 aliphatic rings. The normalized spacial score (nSPS) is 10.6. The van der Waals surface area contributed by atoms with Crippen molar-refractivity contribution in [3.63, 3.8) is 0 Å². The highest BCUT2D eigenvalue weighted by atomic mass is 79.9. The van der Waals surface area contributed by atoms with Gasteiger partial charge in [0.05, 0.1) is 5.52 Å². The van der Waals surface area contributed by atoms with Gasteiger partial charge in [-0.25, -0.2) is 4.98 Å². The van der Waals surface area contributed by atoms with Crippen molar-refractivity contribution in [1.29, 1.82) is 0 Å². The molecule has 0 aliphatic heterocycles. The van der Waals surface area contributed by atoms with Gasteiger partial charge in [-0.15, -0.1) is 0 Å². The summed E-state index contributed by atoms with van der Waals surface area (Å²) in [6, 6.07) is 7.79. The van der Waals surface area contributed by atoms with Crippen molar-refractivity contribution in [2.24, 2.45) is 0 Å². The van der Waals surface area contributed by atoms with Gasteiger partial charge in [-0.3, -0.25) is 0 Å². The molecule has 3 nitrogen and oxygen atoms in total. The smallest absolute Gasteiger partial charge is 0.130 e. The van der Waals surface area contributed by atoms with Crippen molar-refractivity contribution < 1.29 is 0 Å². The van der Waals surface area contributed by atoms with Crippen molar-refractivity contribution in [3.8, 4) is 0 Å². The zero-order chi connectivity index (χ0) is 11.0. The van der Waals surface area contributed by atoms with E-state index >= 15 is 0 Å². The van der Waals surface area contributed by atoms with E-state index in [1.54, 1.807) is 0 Å². The second-order valence-corrected chi connectivity index (χ2v) is 4.54. The molecule has 0 radical (unpaired) electrons. The Morgan fingerprint density at radius 1 is 1.27 bits per heavy atom.